The molecule has 0 spiro atoms. The Morgan fingerprint density at radius 1 is 0.882 bits per heavy atom. The van der Waals surface area contributed by atoms with Crippen LogP contribution in [0, 0.1) is 0 Å². The summed E-state index contributed by atoms with van der Waals surface area (Å²) >= 11 is 1.57. The Morgan fingerprint density at radius 2 is 1.47 bits per heavy atom. The molecule has 1 unspecified atom stereocenters. The monoisotopic (exact) mass is 260 g/mol. The van der Waals surface area contributed by atoms with Crippen LogP contribution in [-0.4, -0.2) is 4.21 Å². The average Bonchev–Trinajstić information content (AvgIpc) is 2.41. The van der Waals surface area contributed by atoms with Crippen LogP contribution < -0.4 is 0 Å². The number of thioether (sulfide) groups is 1. The highest BCUT2D eigenvalue weighted by Crippen LogP contribution is 2.19. The maximum Gasteiger partial charge on any atom is 0.0781 e. The highest BCUT2D eigenvalue weighted by Gasteiger charge is 1.96. The van der Waals surface area contributed by atoms with Gasteiger partial charge in [0.2, 0.25) is 0 Å². The molecule has 1 atom stereocenters. The van der Waals surface area contributed by atoms with E-state index in [4.69, 9.17) is 0 Å². The van der Waals surface area contributed by atoms with Crippen LogP contribution in [-0.2, 0) is 10.8 Å². The molecule has 0 amide bonds. The third-order valence-electron chi connectivity index (χ3n) is 2.10. The second kappa shape index (κ2) is 6.42. The van der Waals surface area contributed by atoms with Gasteiger partial charge in [-0.15, -0.1) is 0 Å². The van der Waals surface area contributed by atoms with Gasteiger partial charge in [0.15, 0.2) is 0 Å². The molecule has 0 aromatic heterocycles. The molecule has 2 rings (SSSR count). The van der Waals surface area contributed by atoms with E-state index in [2.05, 4.69) is 0 Å². The van der Waals surface area contributed by atoms with Gasteiger partial charge in [0.1, 0.15) is 0 Å². The van der Waals surface area contributed by atoms with Crippen LogP contribution in [0.4, 0.5) is 0 Å². The van der Waals surface area contributed by atoms with E-state index >= 15 is 0 Å². The molecule has 2 aromatic carbocycles. The molecule has 2 aromatic rings. The maximum atomic E-state index is 11.8. The average molecular weight is 260 g/mol. The molecular weight excluding hydrogens is 248 g/mol. The number of hydrogen-bond acceptors (Lipinski definition) is 2. The molecule has 0 aliphatic heterocycles. The number of hydrogen-bond donors (Lipinski definition) is 0. The Balaban J connectivity index is 1.96. The van der Waals surface area contributed by atoms with Crippen LogP contribution in [0.15, 0.2) is 81.3 Å². The van der Waals surface area contributed by atoms with Gasteiger partial charge in [-0.25, -0.2) is 4.21 Å². The molecule has 3 heteroatoms. The Bertz CT molecular complexity index is 506. The first-order valence-corrected chi connectivity index (χ1v) is 7.29. The Hall–Kier alpha value is -1.32. The molecule has 0 radical (unpaired) electrons. The van der Waals surface area contributed by atoms with Gasteiger partial charge in [-0.2, -0.15) is 0 Å². The van der Waals surface area contributed by atoms with Crippen molar-refractivity contribution in [2.45, 2.75) is 9.79 Å². The molecule has 0 heterocycles. The molecule has 86 valence electrons. The van der Waals surface area contributed by atoms with Gasteiger partial charge in [0.05, 0.1) is 10.8 Å². The van der Waals surface area contributed by atoms with Crippen molar-refractivity contribution in [3.8, 4) is 0 Å². The molecule has 0 saturated heterocycles. The van der Waals surface area contributed by atoms with Crippen LogP contribution in [0.2, 0.25) is 0 Å². The minimum Gasteiger partial charge on any atom is -0.250 e. The highest BCUT2D eigenvalue weighted by molar-refractivity contribution is 8.03. The van der Waals surface area contributed by atoms with E-state index in [1.807, 2.05) is 66.1 Å². The minimum atomic E-state index is -1.06. The second-order valence-corrected chi connectivity index (χ2v) is 5.63. The molecule has 17 heavy (non-hydrogen) atoms. The molecular formula is C14H12OS2. The normalized spacial score (nSPS) is 12.7. The quantitative estimate of drug-likeness (QED) is 0.771. The summed E-state index contributed by atoms with van der Waals surface area (Å²) < 4.78 is 11.8. The van der Waals surface area contributed by atoms with Crippen LogP contribution in [0.5, 0.6) is 0 Å². The molecule has 0 aliphatic rings. The lowest BCUT2D eigenvalue weighted by atomic mass is 10.4. The first-order valence-electron chi connectivity index (χ1n) is 5.20. The van der Waals surface area contributed by atoms with E-state index in [1.54, 1.807) is 17.2 Å². The highest BCUT2D eigenvalue weighted by atomic mass is 32.2. The summed E-state index contributed by atoms with van der Waals surface area (Å²) in [6.45, 7) is 0. The third kappa shape index (κ3) is 3.88. The largest absolute Gasteiger partial charge is 0.250 e. The molecule has 0 aliphatic carbocycles. The first-order chi connectivity index (χ1) is 8.36. The van der Waals surface area contributed by atoms with Crippen molar-refractivity contribution >= 4 is 22.6 Å². The molecule has 0 bridgehead atoms. The van der Waals surface area contributed by atoms with E-state index in [-0.39, 0.29) is 0 Å². The van der Waals surface area contributed by atoms with Crippen molar-refractivity contribution in [2.24, 2.45) is 0 Å². The lowest BCUT2D eigenvalue weighted by Crippen LogP contribution is -1.83. The second-order valence-electron chi connectivity index (χ2n) is 3.31. The zero-order valence-corrected chi connectivity index (χ0v) is 10.8. The summed E-state index contributed by atoms with van der Waals surface area (Å²) in [7, 11) is -1.06. The van der Waals surface area contributed by atoms with E-state index in [1.165, 1.54) is 0 Å². The van der Waals surface area contributed by atoms with Gasteiger partial charge in [-0.1, -0.05) is 48.2 Å². The van der Waals surface area contributed by atoms with Gasteiger partial charge in [-0.05, 0) is 29.7 Å². The van der Waals surface area contributed by atoms with Gasteiger partial charge < -0.3 is 0 Å². The van der Waals surface area contributed by atoms with Crippen molar-refractivity contribution in [3.05, 3.63) is 71.5 Å². The summed E-state index contributed by atoms with van der Waals surface area (Å²) in [5, 5.41) is 3.59. The fourth-order valence-electron chi connectivity index (χ4n) is 1.29. The van der Waals surface area contributed by atoms with Crippen LogP contribution in [0.3, 0.4) is 0 Å². The maximum absolute atomic E-state index is 11.8. The van der Waals surface area contributed by atoms with Gasteiger partial charge in [-0.3, -0.25) is 0 Å². The Kier molecular flexibility index (Phi) is 4.59. The van der Waals surface area contributed by atoms with Gasteiger partial charge in [0, 0.05) is 15.2 Å². The Morgan fingerprint density at radius 3 is 2.12 bits per heavy atom. The first kappa shape index (κ1) is 12.1. The van der Waals surface area contributed by atoms with Crippen molar-refractivity contribution in [3.63, 3.8) is 0 Å². The molecule has 0 fully saturated rings. The summed E-state index contributed by atoms with van der Waals surface area (Å²) in [5.74, 6) is 0. The van der Waals surface area contributed by atoms with Crippen molar-refractivity contribution in [1.29, 1.82) is 0 Å². The van der Waals surface area contributed by atoms with E-state index in [0.29, 0.717) is 0 Å². The summed E-state index contributed by atoms with van der Waals surface area (Å²) in [4.78, 5) is 1.98. The SMILES string of the molecule is O=S(/C=C\Sc1ccccc1)c1ccccc1. The third-order valence-corrected chi connectivity index (χ3v) is 4.21. The van der Waals surface area contributed by atoms with Crippen LogP contribution in [0.1, 0.15) is 0 Å². The van der Waals surface area contributed by atoms with E-state index in [0.717, 1.165) is 9.79 Å². The zero-order chi connectivity index (χ0) is 11.9. The van der Waals surface area contributed by atoms with Crippen molar-refractivity contribution < 1.29 is 4.21 Å². The standard InChI is InChI=1S/C14H12OS2/c15-17(14-9-5-2-6-10-14)12-11-16-13-7-3-1-4-8-13/h1-12H/b12-11-. The smallest absolute Gasteiger partial charge is 0.0781 e. The lowest BCUT2D eigenvalue weighted by molar-refractivity contribution is 0.688. The summed E-state index contributed by atoms with van der Waals surface area (Å²) in [5.41, 5.74) is 0. The molecule has 0 saturated carbocycles. The fourth-order valence-corrected chi connectivity index (χ4v) is 2.97. The van der Waals surface area contributed by atoms with Gasteiger partial charge in [0.25, 0.3) is 0 Å². The lowest BCUT2D eigenvalue weighted by Gasteiger charge is -1.96. The Labute approximate surface area is 108 Å². The fraction of sp³-hybridized carbons (Fsp3) is 0. The van der Waals surface area contributed by atoms with E-state index in [9.17, 15) is 4.21 Å². The van der Waals surface area contributed by atoms with Crippen LogP contribution in [0.25, 0.3) is 0 Å². The van der Waals surface area contributed by atoms with E-state index < -0.39 is 10.8 Å². The minimum absolute atomic E-state index is 0.831. The predicted molar refractivity (Wildman–Crippen MR) is 74.3 cm³/mol. The number of rotatable bonds is 4. The topological polar surface area (TPSA) is 17.1 Å². The summed E-state index contributed by atoms with van der Waals surface area (Å²) in [6, 6.07) is 19.5. The van der Waals surface area contributed by atoms with Crippen LogP contribution >= 0.6 is 11.8 Å². The number of benzene rings is 2. The van der Waals surface area contributed by atoms with Crippen molar-refractivity contribution in [2.75, 3.05) is 0 Å². The van der Waals surface area contributed by atoms with Gasteiger partial charge >= 0.3 is 0 Å². The predicted octanol–water partition coefficient (Wildman–Crippen LogP) is 4.06. The molecule has 0 N–H and O–H groups in total. The summed E-state index contributed by atoms with van der Waals surface area (Å²) in [6.07, 6.45) is 0. The molecule has 1 nitrogen and oxygen atoms in total. The zero-order valence-electron chi connectivity index (χ0n) is 9.15. The van der Waals surface area contributed by atoms with Crippen molar-refractivity contribution in [1.82, 2.24) is 0 Å².